The largest absolute Gasteiger partial charge is 0.383 e. The Morgan fingerprint density at radius 3 is 2.78 bits per heavy atom. The standard InChI is InChI=1S/C11H11N7/c1-6-3-9(17-7(2)16-6)18-11-8(4-15-18)10(12)13-5-14-11/h3-5H,1-2H3,(H2,12,13,14). The number of hydrogen-bond donors (Lipinski definition) is 1. The number of aromatic nitrogens is 6. The highest BCUT2D eigenvalue weighted by atomic mass is 15.3. The van der Waals surface area contributed by atoms with E-state index in [0.29, 0.717) is 28.5 Å². The molecule has 0 saturated carbocycles. The first-order valence-corrected chi connectivity index (χ1v) is 5.42. The van der Waals surface area contributed by atoms with Gasteiger partial charge in [0.25, 0.3) is 0 Å². The van der Waals surface area contributed by atoms with Gasteiger partial charge in [0.1, 0.15) is 18.0 Å². The fourth-order valence-electron chi connectivity index (χ4n) is 1.84. The average molecular weight is 241 g/mol. The van der Waals surface area contributed by atoms with Crippen molar-refractivity contribution in [2.24, 2.45) is 0 Å². The molecule has 3 heterocycles. The van der Waals surface area contributed by atoms with E-state index in [4.69, 9.17) is 5.73 Å². The number of rotatable bonds is 1. The highest BCUT2D eigenvalue weighted by Gasteiger charge is 2.10. The van der Waals surface area contributed by atoms with Crippen molar-refractivity contribution in [1.82, 2.24) is 29.7 Å². The Hall–Kier alpha value is -2.57. The summed E-state index contributed by atoms with van der Waals surface area (Å²) >= 11 is 0. The number of nitrogen functional groups attached to an aromatic ring is 1. The zero-order valence-corrected chi connectivity index (χ0v) is 9.99. The monoisotopic (exact) mass is 241 g/mol. The van der Waals surface area contributed by atoms with Gasteiger partial charge in [0.05, 0.1) is 11.6 Å². The minimum Gasteiger partial charge on any atom is -0.383 e. The molecule has 0 bridgehead atoms. The van der Waals surface area contributed by atoms with E-state index in [9.17, 15) is 0 Å². The molecule has 0 aliphatic carbocycles. The molecule has 0 aromatic carbocycles. The summed E-state index contributed by atoms with van der Waals surface area (Å²) in [4.78, 5) is 16.7. The highest BCUT2D eigenvalue weighted by Crippen LogP contribution is 2.18. The van der Waals surface area contributed by atoms with Crippen LogP contribution in [0.5, 0.6) is 0 Å². The van der Waals surface area contributed by atoms with Crippen molar-refractivity contribution in [3.8, 4) is 5.82 Å². The Labute approximate surface area is 103 Å². The number of fused-ring (bicyclic) bond motifs is 1. The molecule has 0 radical (unpaired) electrons. The second-order valence-electron chi connectivity index (χ2n) is 3.97. The lowest BCUT2D eigenvalue weighted by Crippen LogP contribution is -2.04. The number of anilines is 1. The second kappa shape index (κ2) is 3.73. The number of nitrogens with two attached hydrogens (primary N) is 1. The molecule has 0 spiro atoms. The summed E-state index contributed by atoms with van der Waals surface area (Å²) in [6.45, 7) is 3.75. The number of nitrogens with zero attached hydrogens (tertiary/aromatic N) is 6. The summed E-state index contributed by atoms with van der Waals surface area (Å²) in [5.41, 5.74) is 7.29. The van der Waals surface area contributed by atoms with Crippen LogP contribution in [-0.2, 0) is 0 Å². The van der Waals surface area contributed by atoms with Gasteiger partial charge in [0.2, 0.25) is 0 Å². The summed E-state index contributed by atoms with van der Waals surface area (Å²) < 4.78 is 1.63. The van der Waals surface area contributed by atoms with Crippen LogP contribution in [0, 0.1) is 13.8 Å². The van der Waals surface area contributed by atoms with Crippen LogP contribution in [0.2, 0.25) is 0 Å². The van der Waals surface area contributed by atoms with Crippen molar-refractivity contribution in [2.75, 3.05) is 5.73 Å². The summed E-state index contributed by atoms with van der Waals surface area (Å²) in [6, 6.07) is 1.84. The zero-order valence-electron chi connectivity index (χ0n) is 9.99. The minimum atomic E-state index is 0.411. The van der Waals surface area contributed by atoms with Crippen LogP contribution in [0.15, 0.2) is 18.6 Å². The maximum absolute atomic E-state index is 5.77. The molecule has 3 aromatic rings. The average Bonchev–Trinajstić information content (AvgIpc) is 2.73. The van der Waals surface area contributed by atoms with Gasteiger partial charge in [-0.15, -0.1) is 0 Å². The predicted octanol–water partition coefficient (Wildman–Crippen LogP) is 0.805. The van der Waals surface area contributed by atoms with Crippen LogP contribution in [0.3, 0.4) is 0 Å². The normalized spacial score (nSPS) is 11.0. The summed E-state index contributed by atoms with van der Waals surface area (Å²) in [6.07, 6.45) is 3.05. The SMILES string of the molecule is Cc1cc(-n2ncc3c(N)ncnc32)nc(C)n1. The third-order valence-corrected chi connectivity index (χ3v) is 2.57. The van der Waals surface area contributed by atoms with Gasteiger partial charge in [0, 0.05) is 11.8 Å². The Bertz CT molecular complexity index is 711. The first kappa shape index (κ1) is 10.6. The molecule has 90 valence electrons. The van der Waals surface area contributed by atoms with Crippen LogP contribution in [-0.4, -0.2) is 29.7 Å². The quantitative estimate of drug-likeness (QED) is 0.677. The van der Waals surface area contributed by atoms with E-state index in [1.54, 1.807) is 10.9 Å². The Kier molecular flexibility index (Phi) is 2.19. The summed E-state index contributed by atoms with van der Waals surface area (Å²) in [5, 5.41) is 4.97. The second-order valence-corrected chi connectivity index (χ2v) is 3.97. The Morgan fingerprint density at radius 1 is 1.17 bits per heavy atom. The fourth-order valence-corrected chi connectivity index (χ4v) is 1.84. The van der Waals surface area contributed by atoms with Gasteiger partial charge in [-0.05, 0) is 13.8 Å². The molecule has 0 atom stereocenters. The number of hydrogen-bond acceptors (Lipinski definition) is 6. The first-order chi connectivity index (χ1) is 8.65. The zero-order chi connectivity index (χ0) is 12.7. The van der Waals surface area contributed by atoms with Crippen LogP contribution in [0.1, 0.15) is 11.5 Å². The lowest BCUT2D eigenvalue weighted by atomic mass is 10.4. The molecule has 0 saturated heterocycles. The summed E-state index contributed by atoms with van der Waals surface area (Å²) in [5.74, 6) is 1.78. The van der Waals surface area contributed by atoms with Crippen molar-refractivity contribution in [1.29, 1.82) is 0 Å². The molecule has 3 aromatic heterocycles. The smallest absolute Gasteiger partial charge is 0.170 e. The highest BCUT2D eigenvalue weighted by molar-refractivity contribution is 5.85. The van der Waals surface area contributed by atoms with Gasteiger partial charge in [-0.1, -0.05) is 0 Å². The van der Waals surface area contributed by atoms with Gasteiger partial charge >= 0.3 is 0 Å². The molecular weight excluding hydrogens is 230 g/mol. The lowest BCUT2D eigenvalue weighted by molar-refractivity contribution is 0.835. The van der Waals surface area contributed by atoms with E-state index in [-0.39, 0.29) is 0 Å². The maximum Gasteiger partial charge on any atom is 0.170 e. The van der Waals surface area contributed by atoms with Crippen LogP contribution < -0.4 is 5.73 Å². The van der Waals surface area contributed by atoms with Gasteiger partial charge in [-0.2, -0.15) is 9.78 Å². The molecule has 0 unspecified atom stereocenters. The molecule has 0 aliphatic heterocycles. The fraction of sp³-hybridized carbons (Fsp3) is 0.182. The predicted molar refractivity (Wildman–Crippen MR) is 66.1 cm³/mol. The van der Waals surface area contributed by atoms with Crippen LogP contribution in [0.4, 0.5) is 5.82 Å². The van der Waals surface area contributed by atoms with Crippen molar-refractivity contribution >= 4 is 16.9 Å². The van der Waals surface area contributed by atoms with Crippen molar-refractivity contribution in [2.45, 2.75) is 13.8 Å². The Balaban J connectivity index is 2.29. The van der Waals surface area contributed by atoms with Crippen molar-refractivity contribution < 1.29 is 0 Å². The molecule has 0 aliphatic rings. The van der Waals surface area contributed by atoms with E-state index in [1.807, 2.05) is 19.9 Å². The van der Waals surface area contributed by atoms with Crippen LogP contribution >= 0.6 is 0 Å². The lowest BCUT2D eigenvalue weighted by Gasteiger charge is -2.04. The minimum absolute atomic E-state index is 0.411. The molecule has 3 rings (SSSR count). The third kappa shape index (κ3) is 1.56. The van der Waals surface area contributed by atoms with E-state index in [1.165, 1.54) is 6.33 Å². The number of aryl methyl sites for hydroxylation is 2. The van der Waals surface area contributed by atoms with Gasteiger partial charge in [-0.25, -0.2) is 19.9 Å². The summed E-state index contributed by atoms with van der Waals surface area (Å²) in [7, 11) is 0. The molecule has 7 heteroatoms. The van der Waals surface area contributed by atoms with Crippen molar-refractivity contribution in [3.05, 3.63) is 30.1 Å². The van der Waals surface area contributed by atoms with Gasteiger partial charge in [0.15, 0.2) is 11.5 Å². The van der Waals surface area contributed by atoms with E-state index in [0.717, 1.165) is 5.69 Å². The van der Waals surface area contributed by atoms with Gasteiger partial charge < -0.3 is 5.73 Å². The third-order valence-electron chi connectivity index (χ3n) is 2.57. The first-order valence-electron chi connectivity index (χ1n) is 5.42. The molecule has 0 fully saturated rings. The van der Waals surface area contributed by atoms with Crippen LogP contribution in [0.25, 0.3) is 16.9 Å². The van der Waals surface area contributed by atoms with E-state index >= 15 is 0 Å². The molecule has 7 nitrogen and oxygen atoms in total. The Morgan fingerprint density at radius 2 is 2.00 bits per heavy atom. The molecule has 18 heavy (non-hydrogen) atoms. The molecule has 2 N–H and O–H groups in total. The molecule has 0 amide bonds. The van der Waals surface area contributed by atoms with Gasteiger partial charge in [-0.3, -0.25) is 0 Å². The maximum atomic E-state index is 5.77. The van der Waals surface area contributed by atoms with E-state index in [2.05, 4.69) is 25.0 Å². The topological polar surface area (TPSA) is 95.4 Å². The van der Waals surface area contributed by atoms with Crippen molar-refractivity contribution in [3.63, 3.8) is 0 Å². The molecular formula is C11H11N7. The van der Waals surface area contributed by atoms with E-state index < -0.39 is 0 Å².